The summed E-state index contributed by atoms with van der Waals surface area (Å²) in [5, 5.41) is 0. The van der Waals surface area contributed by atoms with Crippen LogP contribution in [-0.2, 0) is 0 Å². The molecule has 2 rings (SSSR count). The summed E-state index contributed by atoms with van der Waals surface area (Å²) in [6.45, 7) is 3.92. The van der Waals surface area contributed by atoms with Crippen LogP contribution < -0.4 is 0 Å². The van der Waals surface area contributed by atoms with Crippen molar-refractivity contribution < 1.29 is 9.59 Å². The molecular weight excluding hydrogens is 240 g/mol. The van der Waals surface area contributed by atoms with Gasteiger partial charge in [0.2, 0.25) is 5.78 Å². The van der Waals surface area contributed by atoms with Crippen molar-refractivity contribution in [2.75, 3.05) is 0 Å². The highest BCUT2D eigenvalue weighted by Gasteiger charge is 2.15. The van der Waals surface area contributed by atoms with Crippen LogP contribution in [0.15, 0.2) is 36.7 Å². The second kappa shape index (κ2) is 5.52. The molecule has 1 heterocycles. The van der Waals surface area contributed by atoms with E-state index in [0.29, 0.717) is 5.56 Å². The molecule has 0 radical (unpaired) electrons. The van der Waals surface area contributed by atoms with Crippen molar-refractivity contribution in [3.63, 3.8) is 0 Å². The van der Waals surface area contributed by atoms with Crippen molar-refractivity contribution in [1.29, 1.82) is 0 Å². The highest BCUT2D eigenvalue weighted by atomic mass is 16.1. The molecule has 0 amide bonds. The van der Waals surface area contributed by atoms with Gasteiger partial charge in [-0.05, 0) is 37.1 Å². The zero-order valence-electron chi connectivity index (χ0n) is 10.9. The van der Waals surface area contributed by atoms with Gasteiger partial charge >= 0.3 is 0 Å². The Kier molecular flexibility index (Phi) is 3.80. The predicted molar refractivity (Wildman–Crippen MR) is 71.2 cm³/mol. The quantitative estimate of drug-likeness (QED) is 0.621. The normalized spacial score (nSPS) is 10.2. The first-order valence-corrected chi connectivity index (χ1v) is 5.98. The van der Waals surface area contributed by atoms with Crippen LogP contribution in [-0.4, -0.2) is 21.5 Å². The van der Waals surface area contributed by atoms with Gasteiger partial charge in [-0.2, -0.15) is 0 Å². The predicted octanol–water partition coefficient (Wildman–Crippen LogP) is 2.55. The SMILES string of the molecule is Cc1ccc(C(=O)CC(=O)c2ncccn2)cc1C. The zero-order valence-corrected chi connectivity index (χ0v) is 10.9. The number of ketones is 2. The fraction of sp³-hybridized carbons (Fsp3) is 0.200. The second-order valence-corrected chi connectivity index (χ2v) is 4.39. The first-order valence-electron chi connectivity index (χ1n) is 5.98. The van der Waals surface area contributed by atoms with Crippen molar-refractivity contribution in [3.05, 3.63) is 59.2 Å². The van der Waals surface area contributed by atoms with E-state index in [0.717, 1.165) is 11.1 Å². The van der Waals surface area contributed by atoms with Crippen molar-refractivity contribution in [2.24, 2.45) is 0 Å². The molecule has 0 unspecified atom stereocenters. The van der Waals surface area contributed by atoms with E-state index in [-0.39, 0.29) is 23.8 Å². The Hall–Kier alpha value is -2.36. The van der Waals surface area contributed by atoms with E-state index in [1.807, 2.05) is 19.9 Å². The Morgan fingerprint density at radius 1 is 1.00 bits per heavy atom. The molecule has 2 aromatic rings. The average molecular weight is 254 g/mol. The highest BCUT2D eigenvalue weighted by molar-refractivity contribution is 6.12. The van der Waals surface area contributed by atoms with Gasteiger partial charge in [0, 0.05) is 18.0 Å². The number of hydrogen-bond donors (Lipinski definition) is 0. The summed E-state index contributed by atoms with van der Waals surface area (Å²) in [6, 6.07) is 7.05. The zero-order chi connectivity index (χ0) is 13.8. The van der Waals surface area contributed by atoms with Gasteiger partial charge < -0.3 is 0 Å². The summed E-state index contributed by atoms with van der Waals surface area (Å²) < 4.78 is 0. The molecule has 0 fully saturated rings. The standard InChI is InChI=1S/C15H14N2O2/c1-10-4-5-12(8-11(10)2)13(18)9-14(19)15-16-6-3-7-17-15/h3-8H,9H2,1-2H3. The summed E-state index contributed by atoms with van der Waals surface area (Å²) in [5.41, 5.74) is 2.70. The average Bonchev–Trinajstić information content (AvgIpc) is 2.42. The minimum absolute atomic E-state index is 0.0830. The Balaban J connectivity index is 2.13. The smallest absolute Gasteiger partial charge is 0.207 e. The van der Waals surface area contributed by atoms with Gasteiger partial charge in [-0.15, -0.1) is 0 Å². The molecule has 4 nitrogen and oxygen atoms in total. The third-order valence-corrected chi connectivity index (χ3v) is 2.97. The number of benzene rings is 1. The van der Waals surface area contributed by atoms with Crippen LogP contribution in [0.3, 0.4) is 0 Å². The number of aromatic nitrogens is 2. The lowest BCUT2D eigenvalue weighted by Gasteiger charge is -2.04. The molecule has 0 aliphatic heterocycles. The number of Topliss-reactive ketones (excluding diaryl/α,β-unsaturated/α-hetero) is 2. The van der Waals surface area contributed by atoms with Gasteiger partial charge in [0.05, 0.1) is 6.42 Å². The van der Waals surface area contributed by atoms with Crippen molar-refractivity contribution >= 4 is 11.6 Å². The number of nitrogens with zero attached hydrogens (tertiary/aromatic N) is 2. The van der Waals surface area contributed by atoms with Crippen LogP contribution in [0.2, 0.25) is 0 Å². The monoisotopic (exact) mass is 254 g/mol. The van der Waals surface area contributed by atoms with E-state index < -0.39 is 0 Å². The summed E-state index contributed by atoms with van der Waals surface area (Å²) >= 11 is 0. The molecule has 0 N–H and O–H groups in total. The first kappa shape index (κ1) is 13.1. The largest absolute Gasteiger partial charge is 0.294 e. The van der Waals surface area contributed by atoms with Crippen molar-refractivity contribution in [1.82, 2.24) is 9.97 Å². The van der Waals surface area contributed by atoms with E-state index in [9.17, 15) is 9.59 Å². The van der Waals surface area contributed by atoms with E-state index in [1.165, 1.54) is 12.4 Å². The molecule has 1 aromatic heterocycles. The van der Waals surface area contributed by atoms with Crippen LogP contribution in [0.5, 0.6) is 0 Å². The molecule has 0 spiro atoms. The molecule has 0 aliphatic carbocycles. The topological polar surface area (TPSA) is 59.9 Å². The molecule has 0 saturated carbocycles. The lowest BCUT2D eigenvalue weighted by Crippen LogP contribution is -2.11. The molecule has 0 aliphatic rings. The maximum absolute atomic E-state index is 12.0. The first-order chi connectivity index (χ1) is 9.08. The molecule has 0 saturated heterocycles. The molecule has 4 heteroatoms. The summed E-state index contributed by atoms with van der Waals surface area (Å²) in [6.07, 6.45) is 2.77. The lowest BCUT2D eigenvalue weighted by atomic mass is 10.0. The van der Waals surface area contributed by atoms with Gasteiger partial charge in [0.1, 0.15) is 0 Å². The van der Waals surface area contributed by atoms with Gasteiger partial charge in [-0.1, -0.05) is 12.1 Å². The van der Waals surface area contributed by atoms with Crippen LogP contribution >= 0.6 is 0 Å². The highest BCUT2D eigenvalue weighted by Crippen LogP contribution is 2.12. The van der Waals surface area contributed by atoms with E-state index >= 15 is 0 Å². The van der Waals surface area contributed by atoms with Gasteiger partial charge in [0.25, 0.3) is 0 Å². The van der Waals surface area contributed by atoms with E-state index in [2.05, 4.69) is 9.97 Å². The molecule has 19 heavy (non-hydrogen) atoms. The minimum Gasteiger partial charge on any atom is -0.294 e. The van der Waals surface area contributed by atoms with Gasteiger partial charge in [-0.3, -0.25) is 9.59 Å². The lowest BCUT2D eigenvalue weighted by molar-refractivity contribution is 0.0888. The number of carbonyl (C=O) groups excluding carboxylic acids is 2. The van der Waals surface area contributed by atoms with Crippen LogP contribution in [0.4, 0.5) is 0 Å². The number of rotatable bonds is 4. The molecule has 96 valence electrons. The number of hydrogen-bond acceptors (Lipinski definition) is 4. The van der Waals surface area contributed by atoms with Crippen molar-refractivity contribution in [2.45, 2.75) is 20.3 Å². The Labute approximate surface area is 111 Å². The fourth-order valence-corrected chi connectivity index (χ4v) is 1.68. The molecule has 0 atom stereocenters. The second-order valence-electron chi connectivity index (χ2n) is 4.39. The Bertz CT molecular complexity index is 621. The summed E-state index contributed by atoms with van der Waals surface area (Å²) in [7, 11) is 0. The third-order valence-electron chi connectivity index (χ3n) is 2.97. The summed E-state index contributed by atoms with van der Waals surface area (Å²) in [4.78, 5) is 31.5. The van der Waals surface area contributed by atoms with Gasteiger partial charge in [-0.25, -0.2) is 9.97 Å². The van der Waals surface area contributed by atoms with Crippen LogP contribution in [0.1, 0.15) is 38.5 Å². The number of aryl methyl sites for hydroxylation is 2. The Morgan fingerprint density at radius 3 is 2.32 bits per heavy atom. The maximum Gasteiger partial charge on any atom is 0.207 e. The minimum atomic E-state index is -0.358. The third kappa shape index (κ3) is 3.10. The van der Waals surface area contributed by atoms with E-state index in [1.54, 1.807) is 18.2 Å². The number of carbonyl (C=O) groups is 2. The fourth-order valence-electron chi connectivity index (χ4n) is 1.68. The molecular formula is C15H14N2O2. The van der Waals surface area contributed by atoms with Crippen LogP contribution in [0, 0.1) is 13.8 Å². The van der Waals surface area contributed by atoms with Crippen molar-refractivity contribution in [3.8, 4) is 0 Å². The molecule has 0 bridgehead atoms. The van der Waals surface area contributed by atoms with Gasteiger partial charge in [0.15, 0.2) is 11.6 Å². The van der Waals surface area contributed by atoms with Crippen LogP contribution in [0.25, 0.3) is 0 Å². The molecule has 1 aromatic carbocycles. The Morgan fingerprint density at radius 2 is 1.68 bits per heavy atom. The van der Waals surface area contributed by atoms with E-state index in [4.69, 9.17) is 0 Å². The maximum atomic E-state index is 12.0. The summed E-state index contributed by atoms with van der Waals surface area (Å²) in [5.74, 6) is -0.482.